The minimum absolute atomic E-state index is 0.136. The summed E-state index contributed by atoms with van der Waals surface area (Å²) in [5.74, 6) is -1.97. The van der Waals surface area contributed by atoms with Gasteiger partial charge in [0.1, 0.15) is 5.82 Å². The average Bonchev–Trinajstić information content (AvgIpc) is 2.94. The van der Waals surface area contributed by atoms with Crippen LogP contribution in [0.5, 0.6) is 0 Å². The zero-order chi connectivity index (χ0) is 17.2. The standard InChI is InChI=1S/C14H15F4N3O2/c15-10-2-1-8(11(5-10)14(16,17)18)6-20-13(23)21-4-3-9(7-21)12(19)22/h1-2,5,9H,3-4,6-7H2,(H2,19,22)(H,20,23)/t9-/m1/s1. The Bertz CT molecular complexity index is 619. The minimum atomic E-state index is -4.72. The second kappa shape index (κ2) is 6.43. The van der Waals surface area contributed by atoms with Crippen LogP contribution < -0.4 is 11.1 Å². The van der Waals surface area contributed by atoms with E-state index in [-0.39, 0.29) is 12.1 Å². The SMILES string of the molecule is NC(=O)[C@@H]1CCN(C(=O)NCc2ccc(F)cc2C(F)(F)F)C1. The Labute approximate surface area is 129 Å². The van der Waals surface area contributed by atoms with Gasteiger partial charge in [-0.05, 0) is 24.1 Å². The Morgan fingerprint density at radius 2 is 2.04 bits per heavy atom. The fraction of sp³-hybridized carbons (Fsp3) is 0.429. The number of hydrogen-bond acceptors (Lipinski definition) is 2. The molecule has 5 nitrogen and oxygen atoms in total. The molecule has 1 aromatic rings. The molecule has 23 heavy (non-hydrogen) atoms. The van der Waals surface area contributed by atoms with Crippen LogP contribution in [-0.2, 0) is 17.5 Å². The molecule has 0 aliphatic carbocycles. The van der Waals surface area contributed by atoms with Gasteiger partial charge in [-0.15, -0.1) is 0 Å². The van der Waals surface area contributed by atoms with E-state index in [2.05, 4.69) is 5.32 Å². The lowest BCUT2D eigenvalue weighted by atomic mass is 10.1. The molecular weight excluding hydrogens is 318 g/mol. The number of primary amides is 1. The molecule has 1 aromatic carbocycles. The molecule has 0 aromatic heterocycles. The molecule has 9 heteroatoms. The Morgan fingerprint density at radius 1 is 1.35 bits per heavy atom. The lowest BCUT2D eigenvalue weighted by Gasteiger charge is -2.18. The number of nitrogens with two attached hydrogens (primary N) is 1. The number of nitrogens with zero attached hydrogens (tertiary/aromatic N) is 1. The molecule has 0 unspecified atom stereocenters. The minimum Gasteiger partial charge on any atom is -0.369 e. The first kappa shape index (κ1) is 17.0. The van der Waals surface area contributed by atoms with Gasteiger partial charge in [-0.1, -0.05) is 6.07 Å². The number of alkyl halides is 3. The van der Waals surface area contributed by atoms with Crippen LogP contribution in [0.15, 0.2) is 18.2 Å². The number of urea groups is 1. The van der Waals surface area contributed by atoms with E-state index in [0.717, 1.165) is 12.1 Å². The van der Waals surface area contributed by atoms with E-state index < -0.39 is 42.0 Å². The second-order valence-electron chi connectivity index (χ2n) is 5.29. The molecule has 0 saturated carbocycles. The quantitative estimate of drug-likeness (QED) is 0.829. The predicted octanol–water partition coefficient (Wildman–Crippen LogP) is 1.86. The summed E-state index contributed by atoms with van der Waals surface area (Å²) in [6.07, 6.45) is -4.29. The molecule has 1 fully saturated rings. The van der Waals surface area contributed by atoms with Crippen molar-refractivity contribution in [1.29, 1.82) is 0 Å². The lowest BCUT2D eigenvalue weighted by Crippen LogP contribution is -2.39. The van der Waals surface area contributed by atoms with Crippen molar-refractivity contribution >= 4 is 11.9 Å². The van der Waals surface area contributed by atoms with E-state index in [9.17, 15) is 27.2 Å². The number of halogens is 4. The summed E-state index contributed by atoms with van der Waals surface area (Å²) in [5, 5.41) is 2.34. The Morgan fingerprint density at radius 3 is 2.61 bits per heavy atom. The van der Waals surface area contributed by atoms with Crippen LogP contribution in [0.4, 0.5) is 22.4 Å². The third kappa shape index (κ3) is 4.11. The normalized spacial score (nSPS) is 18.1. The summed E-state index contributed by atoms with van der Waals surface area (Å²) >= 11 is 0. The van der Waals surface area contributed by atoms with Gasteiger partial charge in [0.25, 0.3) is 0 Å². The fourth-order valence-electron chi connectivity index (χ4n) is 2.43. The van der Waals surface area contributed by atoms with Gasteiger partial charge in [-0.25, -0.2) is 9.18 Å². The Hall–Kier alpha value is -2.32. The van der Waals surface area contributed by atoms with Crippen molar-refractivity contribution in [3.63, 3.8) is 0 Å². The number of hydrogen-bond donors (Lipinski definition) is 2. The molecule has 126 valence electrons. The number of likely N-dealkylation sites (tertiary alicyclic amines) is 1. The molecule has 3 N–H and O–H groups in total. The molecular formula is C14H15F4N3O2. The smallest absolute Gasteiger partial charge is 0.369 e. The summed E-state index contributed by atoms with van der Waals surface area (Å²) in [6.45, 7) is 0.0391. The topological polar surface area (TPSA) is 75.4 Å². The maximum Gasteiger partial charge on any atom is 0.416 e. The van der Waals surface area contributed by atoms with Crippen molar-refractivity contribution in [1.82, 2.24) is 10.2 Å². The van der Waals surface area contributed by atoms with E-state index in [1.165, 1.54) is 4.90 Å². The fourth-order valence-corrected chi connectivity index (χ4v) is 2.43. The van der Waals surface area contributed by atoms with Crippen molar-refractivity contribution in [2.24, 2.45) is 11.7 Å². The van der Waals surface area contributed by atoms with E-state index >= 15 is 0 Å². The highest BCUT2D eigenvalue weighted by atomic mass is 19.4. The van der Waals surface area contributed by atoms with E-state index in [1.54, 1.807) is 0 Å². The first-order valence-electron chi connectivity index (χ1n) is 6.86. The molecule has 1 heterocycles. The van der Waals surface area contributed by atoms with E-state index in [1.807, 2.05) is 0 Å². The highest BCUT2D eigenvalue weighted by Gasteiger charge is 2.34. The number of benzene rings is 1. The summed E-state index contributed by atoms with van der Waals surface area (Å²) in [5.41, 5.74) is 3.78. The van der Waals surface area contributed by atoms with Crippen molar-refractivity contribution in [2.75, 3.05) is 13.1 Å². The lowest BCUT2D eigenvalue weighted by molar-refractivity contribution is -0.138. The van der Waals surface area contributed by atoms with Crippen LogP contribution in [0.1, 0.15) is 17.5 Å². The third-order valence-corrected chi connectivity index (χ3v) is 3.69. The maximum absolute atomic E-state index is 13.0. The molecule has 0 bridgehead atoms. The Balaban J connectivity index is 2.01. The summed E-state index contributed by atoms with van der Waals surface area (Å²) in [6, 6.07) is 1.68. The first-order valence-corrected chi connectivity index (χ1v) is 6.86. The average molecular weight is 333 g/mol. The molecule has 2 rings (SSSR count). The summed E-state index contributed by atoms with van der Waals surface area (Å²) in [4.78, 5) is 24.3. The van der Waals surface area contributed by atoms with Gasteiger partial charge in [0.05, 0.1) is 11.5 Å². The number of nitrogens with one attached hydrogen (secondary N) is 1. The van der Waals surface area contributed by atoms with E-state index in [0.29, 0.717) is 19.0 Å². The monoisotopic (exact) mass is 333 g/mol. The maximum atomic E-state index is 13.0. The number of rotatable bonds is 3. The number of amides is 3. The van der Waals surface area contributed by atoms with Crippen LogP contribution >= 0.6 is 0 Å². The summed E-state index contributed by atoms with van der Waals surface area (Å²) < 4.78 is 51.6. The first-order chi connectivity index (χ1) is 10.7. The van der Waals surface area contributed by atoms with Crippen LogP contribution in [0.2, 0.25) is 0 Å². The molecule has 1 atom stereocenters. The van der Waals surface area contributed by atoms with Gasteiger partial charge in [-0.2, -0.15) is 13.2 Å². The highest BCUT2D eigenvalue weighted by molar-refractivity contribution is 5.80. The van der Waals surface area contributed by atoms with Crippen LogP contribution in [0, 0.1) is 11.7 Å². The van der Waals surface area contributed by atoms with Crippen molar-refractivity contribution < 1.29 is 27.2 Å². The molecule has 1 aliphatic heterocycles. The van der Waals surface area contributed by atoms with Crippen LogP contribution in [-0.4, -0.2) is 29.9 Å². The van der Waals surface area contributed by atoms with Gasteiger partial charge in [-0.3, -0.25) is 4.79 Å². The second-order valence-corrected chi connectivity index (χ2v) is 5.29. The molecule has 3 amide bonds. The van der Waals surface area contributed by atoms with E-state index in [4.69, 9.17) is 5.73 Å². The van der Waals surface area contributed by atoms with Gasteiger partial charge in [0, 0.05) is 19.6 Å². The molecule has 1 aliphatic rings. The zero-order valence-corrected chi connectivity index (χ0v) is 12.0. The number of carbonyl (C=O) groups is 2. The van der Waals surface area contributed by atoms with Crippen molar-refractivity contribution in [2.45, 2.75) is 19.1 Å². The molecule has 0 radical (unpaired) electrons. The van der Waals surface area contributed by atoms with Crippen molar-refractivity contribution in [3.05, 3.63) is 35.1 Å². The molecule has 0 spiro atoms. The van der Waals surface area contributed by atoms with Gasteiger partial charge in [0.2, 0.25) is 5.91 Å². The third-order valence-electron chi connectivity index (χ3n) is 3.69. The van der Waals surface area contributed by atoms with Gasteiger partial charge in [0.15, 0.2) is 0 Å². The van der Waals surface area contributed by atoms with Crippen molar-refractivity contribution in [3.8, 4) is 0 Å². The highest BCUT2D eigenvalue weighted by Crippen LogP contribution is 2.32. The largest absolute Gasteiger partial charge is 0.416 e. The predicted molar refractivity (Wildman–Crippen MR) is 72.5 cm³/mol. The Kier molecular flexibility index (Phi) is 4.76. The summed E-state index contributed by atoms with van der Waals surface area (Å²) in [7, 11) is 0. The number of carbonyl (C=O) groups excluding carboxylic acids is 2. The van der Waals surface area contributed by atoms with Gasteiger partial charge >= 0.3 is 12.2 Å². The zero-order valence-electron chi connectivity index (χ0n) is 12.0. The van der Waals surface area contributed by atoms with Gasteiger partial charge < -0.3 is 16.0 Å². The van der Waals surface area contributed by atoms with Crippen LogP contribution in [0.25, 0.3) is 0 Å². The van der Waals surface area contributed by atoms with Crippen LogP contribution in [0.3, 0.4) is 0 Å². The molecule has 1 saturated heterocycles.